The summed E-state index contributed by atoms with van der Waals surface area (Å²) in [6.07, 6.45) is 0.929. The van der Waals surface area contributed by atoms with Crippen molar-refractivity contribution in [3.63, 3.8) is 0 Å². The molecule has 10 nitrogen and oxygen atoms in total. The van der Waals surface area contributed by atoms with Gasteiger partial charge in [0.15, 0.2) is 6.61 Å². The molecule has 0 spiro atoms. The first-order valence-corrected chi connectivity index (χ1v) is 13.4. The molecule has 0 fully saturated rings. The molecular formula is C33H30N2O8. The number of benzene rings is 4. The maximum atomic E-state index is 12.6. The van der Waals surface area contributed by atoms with Gasteiger partial charge >= 0.3 is 11.9 Å². The number of anilines is 1. The fraction of sp³-hybridized carbons (Fsp3) is 0.152. The summed E-state index contributed by atoms with van der Waals surface area (Å²) in [5.74, 6) is -2.61. The van der Waals surface area contributed by atoms with Gasteiger partial charge in [-0.1, -0.05) is 48.5 Å². The largest absolute Gasteiger partial charge is 0.488 e. The average molecular weight is 583 g/mol. The van der Waals surface area contributed by atoms with Crippen LogP contribution in [0.25, 0.3) is 11.1 Å². The molecule has 4 rings (SSSR count). The summed E-state index contributed by atoms with van der Waals surface area (Å²) >= 11 is 0. The van der Waals surface area contributed by atoms with Crippen LogP contribution < -0.4 is 20.1 Å². The molecule has 0 saturated heterocycles. The van der Waals surface area contributed by atoms with Gasteiger partial charge < -0.3 is 30.3 Å². The molecule has 0 atom stereocenters. The molecule has 0 saturated carbocycles. The number of carboxylic acids is 2. The number of carbonyl (C=O) groups excluding carboxylic acids is 2. The number of carboxylic acid groups (broad SMARTS) is 2. The Morgan fingerprint density at radius 3 is 2.14 bits per heavy atom. The van der Waals surface area contributed by atoms with Crippen molar-refractivity contribution in [1.29, 1.82) is 0 Å². The molecule has 0 aliphatic carbocycles. The maximum Gasteiger partial charge on any atom is 0.339 e. The number of aromatic carboxylic acids is 2. The van der Waals surface area contributed by atoms with Gasteiger partial charge in [-0.15, -0.1) is 0 Å². The van der Waals surface area contributed by atoms with Crippen molar-refractivity contribution in [3.8, 4) is 22.6 Å². The van der Waals surface area contributed by atoms with Gasteiger partial charge in [0.05, 0.1) is 5.56 Å². The molecule has 0 aliphatic heterocycles. The minimum absolute atomic E-state index is 0.0401. The van der Waals surface area contributed by atoms with Gasteiger partial charge in [0.1, 0.15) is 23.7 Å². The van der Waals surface area contributed by atoms with Crippen LogP contribution in [-0.2, 0) is 22.6 Å². The Morgan fingerprint density at radius 1 is 0.721 bits per heavy atom. The van der Waals surface area contributed by atoms with Gasteiger partial charge in [0.2, 0.25) is 5.91 Å². The van der Waals surface area contributed by atoms with E-state index in [9.17, 15) is 29.4 Å². The molecule has 2 amide bonds. The quantitative estimate of drug-likeness (QED) is 0.171. The molecule has 4 aromatic rings. The van der Waals surface area contributed by atoms with E-state index < -0.39 is 17.8 Å². The van der Waals surface area contributed by atoms with Crippen LogP contribution in [0.5, 0.6) is 11.5 Å². The van der Waals surface area contributed by atoms with Gasteiger partial charge in [-0.05, 0) is 71.1 Å². The van der Waals surface area contributed by atoms with E-state index in [2.05, 4.69) is 10.6 Å². The number of hydrogen-bond acceptors (Lipinski definition) is 6. The number of nitrogens with one attached hydrogen (secondary N) is 2. The molecule has 0 aromatic heterocycles. The fourth-order valence-corrected chi connectivity index (χ4v) is 4.19. The lowest BCUT2D eigenvalue weighted by Gasteiger charge is -2.13. The second-order valence-electron chi connectivity index (χ2n) is 9.55. The van der Waals surface area contributed by atoms with Crippen LogP contribution in [0.3, 0.4) is 0 Å². The zero-order chi connectivity index (χ0) is 30.8. The van der Waals surface area contributed by atoms with Gasteiger partial charge in [-0.3, -0.25) is 9.59 Å². The summed E-state index contributed by atoms with van der Waals surface area (Å²) in [4.78, 5) is 47.7. The highest BCUT2D eigenvalue weighted by molar-refractivity contribution is 5.94. The van der Waals surface area contributed by atoms with Crippen LogP contribution >= 0.6 is 0 Å². The van der Waals surface area contributed by atoms with Crippen LogP contribution in [0.1, 0.15) is 38.3 Å². The molecule has 0 radical (unpaired) electrons. The van der Waals surface area contributed by atoms with Crippen molar-refractivity contribution in [1.82, 2.24) is 5.32 Å². The van der Waals surface area contributed by atoms with E-state index in [1.165, 1.54) is 24.3 Å². The van der Waals surface area contributed by atoms with E-state index in [1.54, 1.807) is 31.3 Å². The van der Waals surface area contributed by atoms with Crippen molar-refractivity contribution < 1.29 is 38.9 Å². The Morgan fingerprint density at radius 2 is 1.47 bits per heavy atom. The third-order valence-electron chi connectivity index (χ3n) is 6.46. The van der Waals surface area contributed by atoms with Crippen molar-refractivity contribution in [2.75, 3.05) is 19.0 Å². The highest BCUT2D eigenvalue weighted by Gasteiger charge is 2.16. The molecule has 10 heteroatoms. The van der Waals surface area contributed by atoms with Crippen LogP contribution in [0.15, 0.2) is 91.0 Å². The lowest BCUT2D eigenvalue weighted by molar-refractivity contribution is -0.120. The predicted octanol–water partition coefficient (Wildman–Crippen LogP) is 5.03. The average Bonchev–Trinajstić information content (AvgIpc) is 3.02. The van der Waals surface area contributed by atoms with E-state index in [4.69, 9.17) is 9.47 Å². The number of rotatable bonds is 13. The smallest absolute Gasteiger partial charge is 0.339 e. The molecule has 0 aliphatic rings. The highest BCUT2D eigenvalue weighted by Crippen LogP contribution is 2.31. The zero-order valence-electron chi connectivity index (χ0n) is 23.3. The summed E-state index contributed by atoms with van der Waals surface area (Å²) in [5.41, 5.74) is 3.16. The number of amides is 2. The van der Waals surface area contributed by atoms with E-state index in [0.717, 1.165) is 11.1 Å². The van der Waals surface area contributed by atoms with E-state index >= 15 is 0 Å². The highest BCUT2D eigenvalue weighted by atomic mass is 16.5. The second-order valence-corrected chi connectivity index (χ2v) is 9.55. The second kappa shape index (κ2) is 14.3. The summed E-state index contributed by atoms with van der Waals surface area (Å²) in [5, 5.41) is 24.6. The molecule has 220 valence electrons. The molecule has 0 heterocycles. The first-order chi connectivity index (χ1) is 20.7. The minimum atomic E-state index is -1.20. The monoisotopic (exact) mass is 582 g/mol. The number of aryl methyl sites for hydroxylation is 1. The molecule has 43 heavy (non-hydrogen) atoms. The topological polar surface area (TPSA) is 151 Å². The Labute approximate surface area is 247 Å². The van der Waals surface area contributed by atoms with Crippen LogP contribution in [-0.4, -0.2) is 47.6 Å². The van der Waals surface area contributed by atoms with Gasteiger partial charge in [-0.2, -0.15) is 0 Å². The molecule has 4 N–H and O–H groups in total. The predicted molar refractivity (Wildman–Crippen MR) is 160 cm³/mol. The van der Waals surface area contributed by atoms with Gasteiger partial charge in [0, 0.05) is 19.2 Å². The summed E-state index contributed by atoms with van der Waals surface area (Å²) in [7, 11) is 1.58. The minimum Gasteiger partial charge on any atom is -0.488 e. The van der Waals surface area contributed by atoms with Crippen molar-refractivity contribution >= 4 is 29.4 Å². The molecule has 0 unspecified atom stereocenters. The third-order valence-corrected chi connectivity index (χ3v) is 6.46. The molecule has 0 bridgehead atoms. The van der Waals surface area contributed by atoms with Crippen LogP contribution in [0.4, 0.5) is 5.69 Å². The van der Waals surface area contributed by atoms with E-state index in [-0.39, 0.29) is 41.7 Å². The summed E-state index contributed by atoms with van der Waals surface area (Å²) in [6.45, 7) is -0.244. The normalized spacial score (nSPS) is 10.4. The van der Waals surface area contributed by atoms with E-state index in [0.29, 0.717) is 29.7 Å². The third kappa shape index (κ3) is 8.67. The Bertz CT molecular complexity index is 1620. The fourth-order valence-electron chi connectivity index (χ4n) is 4.19. The van der Waals surface area contributed by atoms with Crippen molar-refractivity contribution in [2.24, 2.45) is 0 Å². The van der Waals surface area contributed by atoms with Gasteiger partial charge in [-0.25, -0.2) is 9.59 Å². The Balaban J connectivity index is 1.47. The van der Waals surface area contributed by atoms with Crippen molar-refractivity contribution in [2.45, 2.75) is 19.4 Å². The first-order valence-electron chi connectivity index (χ1n) is 13.4. The number of hydrogen-bond donors (Lipinski definition) is 4. The lowest BCUT2D eigenvalue weighted by Crippen LogP contribution is -2.20. The summed E-state index contributed by atoms with van der Waals surface area (Å²) < 4.78 is 11.5. The van der Waals surface area contributed by atoms with Crippen LogP contribution in [0.2, 0.25) is 0 Å². The SMILES string of the molecule is CNC(=O)CCc1ccc(NC(=O)COc2cc(C(=O)O)cc(-c3ccc(C(=O)O)c(OCc4ccccc4)c3)c2)cc1. The van der Waals surface area contributed by atoms with Gasteiger partial charge in [0.25, 0.3) is 5.91 Å². The zero-order valence-corrected chi connectivity index (χ0v) is 23.3. The number of ether oxygens (including phenoxy) is 2. The molecule has 4 aromatic carbocycles. The van der Waals surface area contributed by atoms with E-state index in [1.807, 2.05) is 42.5 Å². The Kier molecular flexibility index (Phi) is 10.1. The number of carbonyl (C=O) groups is 4. The molecular weight excluding hydrogens is 552 g/mol. The van der Waals surface area contributed by atoms with Crippen LogP contribution in [0, 0.1) is 0 Å². The standard InChI is InChI=1S/C33H30N2O8/c1-34-30(36)14-9-21-7-11-26(12-8-21)35-31(37)20-42-27-16-24(15-25(17-27)32(38)39)23-10-13-28(33(40)41)29(18-23)43-19-22-5-3-2-4-6-22/h2-8,10-13,15-18H,9,14,19-20H2,1H3,(H,34,36)(H,35,37)(H,38,39)(H,40,41). The first kappa shape index (κ1) is 30.3. The Hall–Kier alpha value is -5.64. The van der Waals surface area contributed by atoms with Crippen molar-refractivity contribution in [3.05, 3.63) is 113 Å². The summed E-state index contributed by atoms with van der Waals surface area (Å²) in [6, 6.07) is 25.1. The lowest BCUT2D eigenvalue weighted by atomic mass is 10.0. The maximum absolute atomic E-state index is 12.6.